The van der Waals surface area contributed by atoms with E-state index in [1.165, 1.54) is 12.8 Å². The van der Waals surface area contributed by atoms with Crippen LogP contribution in [0.25, 0.3) is 0 Å². The van der Waals surface area contributed by atoms with Crippen LogP contribution in [0.3, 0.4) is 0 Å². The lowest BCUT2D eigenvalue weighted by molar-refractivity contribution is -0.132. The molecule has 0 aromatic carbocycles. The van der Waals surface area contributed by atoms with Crippen LogP contribution < -0.4 is 0 Å². The number of rotatable bonds is 6. The maximum absolute atomic E-state index is 12.7. The molecule has 1 aliphatic carbocycles. The van der Waals surface area contributed by atoms with E-state index in [1.807, 2.05) is 39.7 Å². The van der Waals surface area contributed by atoms with Crippen molar-refractivity contribution in [2.75, 3.05) is 19.8 Å². The molecule has 0 radical (unpaired) electrons. The third-order valence-electron chi connectivity index (χ3n) is 4.78. The zero-order valence-electron chi connectivity index (χ0n) is 14.0. The highest BCUT2D eigenvalue weighted by Crippen LogP contribution is 2.31. The number of fused-ring (bicyclic) bond motifs is 1. The fourth-order valence-electron chi connectivity index (χ4n) is 3.31. The second-order valence-corrected chi connectivity index (χ2v) is 7.75. The van der Waals surface area contributed by atoms with Gasteiger partial charge in [-0.3, -0.25) is 9.48 Å². The summed E-state index contributed by atoms with van der Waals surface area (Å²) >= 11 is 1.64. The Morgan fingerprint density at radius 2 is 2.29 bits per heavy atom. The Balaban J connectivity index is 1.45. The highest BCUT2D eigenvalue weighted by molar-refractivity contribution is 7.07. The third-order valence-corrected chi connectivity index (χ3v) is 5.52. The summed E-state index contributed by atoms with van der Waals surface area (Å²) < 4.78 is 7.76. The fraction of sp³-hybridized carbons (Fsp3) is 0.556. The summed E-state index contributed by atoms with van der Waals surface area (Å²) in [6, 6.07) is 2.03. The topological polar surface area (TPSA) is 47.4 Å². The molecule has 1 aliphatic heterocycles. The number of amides is 1. The molecule has 2 aromatic rings. The first-order chi connectivity index (χ1) is 11.7. The molecule has 6 heteroatoms. The van der Waals surface area contributed by atoms with Gasteiger partial charge in [0.15, 0.2) is 0 Å². The first-order valence-corrected chi connectivity index (χ1v) is 9.52. The Kier molecular flexibility index (Phi) is 4.41. The average molecular weight is 345 g/mol. The van der Waals surface area contributed by atoms with Gasteiger partial charge in [0.2, 0.25) is 5.91 Å². The number of aryl methyl sites for hydroxylation is 1. The molecular formula is C18H23N3O2S. The minimum atomic E-state index is 0.181. The zero-order valence-corrected chi connectivity index (χ0v) is 14.8. The smallest absolute Gasteiger partial charge is 0.227 e. The molecule has 128 valence electrons. The Morgan fingerprint density at radius 1 is 1.42 bits per heavy atom. The summed E-state index contributed by atoms with van der Waals surface area (Å²) in [4.78, 5) is 14.6. The largest absolute Gasteiger partial charge is 0.380 e. The van der Waals surface area contributed by atoms with E-state index < -0.39 is 0 Å². The van der Waals surface area contributed by atoms with Gasteiger partial charge in [-0.15, -0.1) is 0 Å². The van der Waals surface area contributed by atoms with Crippen LogP contribution in [0.5, 0.6) is 0 Å². The van der Waals surface area contributed by atoms with Crippen LogP contribution in [0.1, 0.15) is 35.6 Å². The van der Waals surface area contributed by atoms with Crippen molar-refractivity contribution in [3.63, 3.8) is 0 Å². The quantitative estimate of drug-likeness (QED) is 0.808. The molecule has 0 saturated heterocycles. The molecule has 2 aromatic heterocycles. The van der Waals surface area contributed by atoms with Crippen LogP contribution in [-0.4, -0.2) is 40.3 Å². The van der Waals surface area contributed by atoms with Crippen molar-refractivity contribution < 1.29 is 9.53 Å². The van der Waals surface area contributed by atoms with E-state index in [0.717, 1.165) is 29.3 Å². The highest BCUT2D eigenvalue weighted by Gasteiger charge is 2.31. The first-order valence-electron chi connectivity index (χ1n) is 8.58. The van der Waals surface area contributed by atoms with Crippen LogP contribution in [0.2, 0.25) is 0 Å². The Labute approximate surface area is 146 Å². The van der Waals surface area contributed by atoms with E-state index in [0.29, 0.717) is 26.1 Å². The molecule has 0 spiro atoms. The van der Waals surface area contributed by atoms with Crippen LogP contribution in [0.4, 0.5) is 0 Å². The SMILES string of the molecule is Cn1cc2c(n1)[C@H](COCC1CC1)CN(C(=O)Cc1ccsc1)C2. The van der Waals surface area contributed by atoms with Crippen LogP contribution in [-0.2, 0) is 29.5 Å². The third kappa shape index (κ3) is 3.54. The zero-order chi connectivity index (χ0) is 16.5. The maximum atomic E-state index is 12.7. The van der Waals surface area contributed by atoms with Gasteiger partial charge in [0.05, 0.1) is 18.7 Å². The van der Waals surface area contributed by atoms with Crippen molar-refractivity contribution in [3.05, 3.63) is 39.8 Å². The van der Waals surface area contributed by atoms with Gasteiger partial charge in [-0.1, -0.05) is 0 Å². The predicted molar refractivity (Wildman–Crippen MR) is 92.9 cm³/mol. The minimum absolute atomic E-state index is 0.181. The second-order valence-electron chi connectivity index (χ2n) is 6.97. The summed E-state index contributed by atoms with van der Waals surface area (Å²) in [6.07, 6.45) is 5.11. The predicted octanol–water partition coefficient (Wildman–Crippen LogP) is 2.58. The van der Waals surface area contributed by atoms with Crippen molar-refractivity contribution in [2.45, 2.75) is 31.7 Å². The van der Waals surface area contributed by atoms with Gasteiger partial charge in [-0.05, 0) is 41.1 Å². The monoisotopic (exact) mass is 345 g/mol. The molecule has 5 nitrogen and oxygen atoms in total. The van der Waals surface area contributed by atoms with Gasteiger partial charge in [-0.25, -0.2) is 0 Å². The van der Waals surface area contributed by atoms with E-state index in [4.69, 9.17) is 4.74 Å². The summed E-state index contributed by atoms with van der Waals surface area (Å²) in [6.45, 7) is 2.87. The molecule has 1 saturated carbocycles. The number of hydrogen-bond acceptors (Lipinski definition) is 4. The Morgan fingerprint density at radius 3 is 3.04 bits per heavy atom. The van der Waals surface area contributed by atoms with Gasteiger partial charge in [0.1, 0.15) is 0 Å². The van der Waals surface area contributed by atoms with Gasteiger partial charge < -0.3 is 9.64 Å². The van der Waals surface area contributed by atoms with E-state index in [-0.39, 0.29) is 11.8 Å². The molecule has 0 N–H and O–H groups in total. The number of carbonyl (C=O) groups excluding carboxylic acids is 1. The first kappa shape index (κ1) is 15.8. The van der Waals surface area contributed by atoms with Crippen LogP contribution in [0.15, 0.2) is 23.0 Å². The molecule has 3 heterocycles. The van der Waals surface area contributed by atoms with E-state index in [9.17, 15) is 4.79 Å². The summed E-state index contributed by atoms with van der Waals surface area (Å²) in [7, 11) is 1.94. The standard InChI is InChI=1S/C18H23N3O2S/c1-20-7-15-8-21(17(22)6-14-4-5-24-12-14)9-16(18(15)19-20)11-23-10-13-2-3-13/h4-5,7,12-13,16H,2-3,6,8-11H2,1H3/t16-/m0/s1. The Bertz CT molecular complexity index is 706. The van der Waals surface area contributed by atoms with Gasteiger partial charge in [-0.2, -0.15) is 16.4 Å². The molecule has 1 atom stereocenters. The van der Waals surface area contributed by atoms with Crippen molar-refractivity contribution in [2.24, 2.45) is 13.0 Å². The second kappa shape index (κ2) is 6.69. The maximum Gasteiger partial charge on any atom is 0.227 e. The molecule has 0 bridgehead atoms. The molecule has 2 aliphatic rings. The summed E-state index contributed by atoms with van der Waals surface area (Å²) in [5, 5.41) is 8.69. The lowest BCUT2D eigenvalue weighted by atomic mass is 9.97. The molecule has 0 unspecified atom stereocenters. The number of thiophene rings is 1. The lowest BCUT2D eigenvalue weighted by Crippen LogP contribution is -2.40. The van der Waals surface area contributed by atoms with Crippen molar-refractivity contribution in [3.8, 4) is 0 Å². The number of nitrogens with zero attached hydrogens (tertiary/aromatic N) is 3. The van der Waals surface area contributed by atoms with Crippen LogP contribution in [0, 0.1) is 5.92 Å². The minimum Gasteiger partial charge on any atom is -0.380 e. The van der Waals surface area contributed by atoms with Gasteiger partial charge in [0, 0.05) is 44.4 Å². The summed E-state index contributed by atoms with van der Waals surface area (Å²) in [5.41, 5.74) is 3.36. The number of aromatic nitrogens is 2. The highest BCUT2D eigenvalue weighted by atomic mass is 32.1. The molecule has 24 heavy (non-hydrogen) atoms. The molecule has 4 rings (SSSR count). The van der Waals surface area contributed by atoms with Gasteiger partial charge >= 0.3 is 0 Å². The van der Waals surface area contributed by atoms with Crippen molar-refractivity contribution >= 4 is 17.2 Å². The van der Waals surface area contributed by atoms with E-state index >= 15 is 0 Å². The molecular weight excluding hydrogens is 322 g/mol. The normalized spacial score (nSPS) is 20.2. The van der Waals surface area contributed by atoms with Crippen LogP contribution >= 0.6 is 11.3 Å². The molecule has 1 amide bonds. The van der Waals surface area contributed by atoms with E-state index in [2.05, 4.69) is 5.10 Å². The number of ether oxygens (including phenoxy) is 1. The summed E-state index contributed by atoms with van der Waals surface area (Å²) in [5.74, 6) is 1.13. The lowest BCUT2D eigenvalue weighted by Gasteiger charge is -2.32. The Hall–Kier alpha value is -1.66. The average Bonchev–Trinajstić information content (AvgIpc) is 3.08. The number of carbonyl (C=O) groups is 1. The van der Waals surface area contributed by atoms with Crippen molar-refractivity contribution in [1.29, 1.82) is 0 Å². The van der Waals surface area contributed by atoms with Gasteiger partial charge in [0.25, 0.3) is 0 Å². The number of hydrogen-bond donors (Lipinski definition) is 0. The van der Waals surface area contributed by atoms with Crippen molar-refractivity contribution in [1.82, 2.24) is 14.7 Å². The van der Waals surface area contributed by atoms with E-state index in [1.54, 1.807) is 11.3 Å². The molecule has 1 fully saturated rings. The fourth-order valence-corrected chi connectivity index (χ4v) is 3.97.